The normalized spacial score (nSPS) is 17.5. The summed E-state index contributed by atoms with van der Waals surface area (Å²) >= 11 is 0. The highest BCUT2D eigenvalue weighted by Crippen LogP contribution is 2.42. The van der Waals surface area contributed by atoms with Gasteiger partial charge in [-0.25, -0.2) is 4.79 Å². The second-order valence-corrected chi connectivity index (χ2v) is 6.32. The molecule has 2 aromatic rings. The Bertz CT molecular complexity index is 673. The van der Waals surface area contributed by atoms with Crippen molar-refractivity contribution in [2.45, 2.75) is 18.9 Å². The maximum absolute atomic E-state index is 12.5. The first-order valence-electron chi connectivity index (χ1n) is 8.45. The molecule has 6 nitrogen and oxygen atoms in total. The molecule has 1 aromatic carbocycles. The van der Waals surface area contributed by atoms with Gasteiger partial charge >= 0.3 is 6.03 Å². The fraction of sp³-hybridized carbons (Fsp3) is 0.368. The van der Waals surface area contributed by atoms with Crippen LogP contribution >= 0.6 is 0 Å². The van der Waals surface area contributed by atoms with E-state index in [2.05, 4.69) is 15.6 Å². The number of aliphatic hydroxyl groups excluding tert-OH is 1. The molecule has 3 rings (SSSR count). The van der Waals surface area contributed by atoms with E-state index in [1.54, 1.807) is 24.5 Å². The fourth-order valence-corrected chi connectivity index (χ4v) is 3.29. The van der Waals surface area contributed by atoms with Crippen LogP contribution in [0.4, 0.5) is 10.5 Å². The Labute approximate surface area is 147 Å². The average molecular weight is 341 g/mol. The molecule has 1 aromatic heterocycles. The third-order valence-corrected chi connectivity index (χ3v) is 4.74. The van der Waals surface area contributed by atoms with Crippen LogP contribution in [0.2, 0.25) is 0 Å². The SMILES string of the molecule is O=C(Nc1cccnc1)N[C@H](c1ccccc1)C1(CO)CCOCC1. The number of aliphatic hydroxyl groups is 1. The molecule has 1 atom stereocenters. The summed E-state index contributed by atoms with van der Waals surface area (Å²) in [4.78, 5) is 16.5. The molecule has 1 saturated heterocycles. The van der Waals surface area contributed by atoms with Gasteiger partial charge in [0, 0.05) is 24.8 Å². The van der Waals surface area contributed by atoms with E-state index in [4.69, 9.17) is 4.74 Å². The summed E-state index contributed by atoms with van der Waals surface area (Å²) in [5.74, 6) is 0. The Morgan fingerprint density at radius 1 is 1.20 bits per heavy atom. The number of urea groups is 1. The number of rotatable bonds is 5. The predicted octanol–water partition coefficient (Wildman–Crippen LogP) is 2.73. The van der Waals surface area contributed by atoms with Crippen LogP contribution in [-0.4, -0.2) is 35.9 Å². The molecule has 3 N–H and O–H groups in total. The zero-order valence-corrected chi connectivity index (χ0v) is 14.0. The summed E-state index contributed by atoms with van der Waals surface area (Å²) in [6, 6.07) is 12.7. The highest BCUT2D eigenvalue weighted by Gasteiger charge is 2.41. The molecule has 2 amide bonds. The van der Waals surface area contributed by atoms with Gasteiger partial charge in [0.25, 0.3) is 0 Å². The number of carbonyl (C=O) groups excluding carboxylic acids is 1. The minimum absolute atomic E-state index is 0.0108. The summed E-state index contributed by atoms with van der Waals surface area (Å²) in [7, 11) is 0. The zero-order valence-electron chi connectivity index (χ0n) is 14.0. The first-order valence-corrected chi connectivity index (χ1v) is 8.45. The summed E-state index contributed by atoms with van der Waals surface area (Å²) in [5.41, 5.74) is 1.16. The second-order valence-electron chi connectivity index (χ2n) is 6.32. The van der Waals surface area contributed by atoms with Gasteiger partial charge in [-0.05, 0) is 30.5 Å². The first kappa shape index (κ1) is 17.4. The van der Waals surface area contributed by atoms with Crippen molar-refractivity contribution in [3.8, 4) is 0 Å². The van der Waals surface area contributed by atoms with Gasteiger partial charge in [0.1, 0.15) is 0 Å². The number of amides is 2. The number of benzene rings is 1. The van der Waals surface area contributed by atoms with Crippen molar-refractivity contribution in [1.29, 1.82) is 0 Å². The van der Waals surface area contributed by atoms with Gasteiger partial charge in [0.15, 0.2) is 0 Å². The fourth-order valence-electron chi connectivity index (χ4n) is 3.29. The summed E-state index contributed by atoms with van der Waals surface area (Å²) in [6.45, 7) is 1.15. The van der Waals surface area contributed by atoms with E-state index in [1.807, 2.05) is 30.3 Å². The van der Waals surface area contributed by atoms with Crippen LogP contribution in [-0.2, 0) is 4.74 Å². The van der Waals surface area contributed by atoms with Crippen LogP contribution in [0.5, 0.6) is 0 Å². The molecule has 1 fully saturated rings. The van der Waals surface area contributed by atoms with Crippen molar-refractivity contribution in [3.05, 3.63) is 60.4 Å². The van der Waals surface area contributed by atoms with Crippen LogP contribution in [0.25, 0.3) is 0 Å². The Morgan fingerprint density at radius 2 is 1.96 bits per heavy atom. The monoisotopic (exact) mass is 341 g/mol. The van der Waals surface area contributed by atoms with E-state index < -0.39 is 5.41 Å². The molecule has 0 aliphatic carbocycles. The molecule has 25 heavy (non-hydrogen) atoms. The number of pyridine rings is 1. The third kappa shape index (κ3) is 4.15. The van der Waals surface area contributed by atoms with Crippen LogP contribution in [0.3, 0.4) is 0 Å². The minimum atomic E-state index is -0.439. The van der Waals surface area contributed by atoms with Crippen molar-refractivity contribution in [2.24, 2.45) is 5.41 Å². The lowest BCUT2D eigenvalue weighted by Crippen LogP contribution is -2.47. The molecule has 0 saturated carbocycles. The number of nitrogens with zero attached hydrogens (tertiary/aromatic N) is 1. The van der Waals surface area contributed by atoms with Gasteiger partial charge < -0.3 is 20.5 Å². The number of nitrogens with one attached hydrogen (secondary N) is 2. The standard InChI is InChI=1S/C19H23N3O3/c23-14-19(8-11-25-12-9-19)17(15-5-2-1-3-6-15)22-18(24)21-16-7-4-10-20-13-16/h1-7,10,13,17,23H,8-9,11-12,14H2,(H2,21,22,24)/t17-/m1/s1. The molecule has 1 aliphatic heterocycles. The van der Waals surface area contributed by atoms with Crippen LogP contribution in [0.1, 0.15) is 24.4 Å². The van der Waals surface area contributed by atoms with Crippen LogP contribution < -0.4 is 10.6 Å². The summed E-state index contributed by atoms with van der Waals surface area (Å²) < 4.78 is 5.47. The highest BCUT2D eigenvalue weighted by atomic mass is 16.5. The van der Waals surface area contributed by atoms with E-state index in [-0.39, 0.29) is 18.7 Å². The Kier molecular flexibility index (Phi) is 5.63. The number of hydrogen-bond donors (Lipinski definition) is 3. The minimum Gasteiger partial charge on any atom is -0.396 e. The molecule has 0 spiro atoms. The van der Waals surface area contributed by atoms with Crippen LogP contribution in [0.15, 0.2) is 54.9 Å². The Morgan fingerprint density at radius 3 is 2.60 bits per heavy atom. The van der Waals surface area contributed by atoms with E-state index in [0.717, 1.165) is 5.56 Å². The molecule has 0 radical (unpaired) electrons. The topological polar surface area (TPSA) is 83.5 Å². The van der Waals surface area contributed by atoms with Gasteiger partial charge in [-0.15, -0.1) is 0 Å². The molecule has 0 bridgehead atoms. The molecule has 1 aliphatic rings. The largest absolute Gasteiger partial charge is 0.396 e. The van der Waals surface area contributed by atoms with Gasteiger partial charge in [0.2, 0.25) is 0 Å². The van der Waals surface area contributed by atoms with Crippen molar-refractivity contribution in [3.63, 3.8) is 0 Å². The molecular formula is C19H23N3O3. The van der Waals surface area contributed by atoms with Crippen molar-refractivity contribution in [1.82, 2.24) is 10.3 Å². The molecular weight excluding hydrogens is 318 g/mol. The lowest BCUT2D eigenvalue weighted by Gasteiger charge is -2.42. The predicted molar refractivity (Wildman–Crippen MR) is 95.1 cm³/mol. The van der Waals surface area contributed by atoms with Crippen molar-refractivity contribution in [2.75, 3.05) is 25.1 Å². The maximum Gasteiger partial charge on any atom is 0.319 e. The number of ether oxygens (including phenoxy) is 1. The Balaban J connectivity index is 1.82. The number of anilines is 1. The van der Waals surface area contributed by atoms with E-state index in [9.17, 15) is 9.90 Å². The number of carbonyl (C=O) groups is 1. The highest BCUT2D eigenvalue weighted by molar-refractivity contribution is 5.89. The summed E-state index contributed by atoms with van der Waals surface area (Å²) in [5, 5.41) is 16.0. The van der Waals surface area contributed by atoms with Crippen molar-refractivity contribution >= 4 is 11.7 Å². The first-order chi connectivity index (χ1) is 12.2. The van der Waals surface area contributed by atoms with E-state index in [1.165, 1.54) is 0 Å². The molecule has 6 heteroatoms. The average Bonchev–Trinajstić information content (AvgIpc) is 2.68. The van der Waals surface area contributed by atoms with Gasteiger partial charge in [-0.1, -0.05) is 30.3 Å². The smallest absolute Gasteiger partial charge is 0.319 e. The lowest BCUT2D eigenvalue weighted by atomic mass is 9.72. The maximum atomic E-state index is 12.5. The van der Waals surface area contributed by atoms with E-state index in [0.29, 0.717) is 31.7 Å². The quantitative estimate of drug-likeness (QED) is 0.781. The van der Waals surface area contributed by atoms with Gasteiger partial charge in [-0.3, -0.25) is 4.98 Å². The van der Waals surface area contributed by atoms with Gasteiger partial charge in [-0.2, -0.15) is 0 Å². The molecule has 132 valence electrons. The van der Waals surface area contributed by atoms with Crippen LogP contribution in [0, 0.1) is 5.41 Å². The lowest BCUT2D eigenvalue weighted by molar-refractivity contribution is -0.0357. The van der Waals surface area contributed by atoms with E-state index >= 15 is 0 Å². The van der Waals surface area contributed by atoms with Crippen molar-refractivity contribution < 1.29 is 14.6 Å². The number of aromatic nitrogens is 1. The summed E-state index contributed by atoms with van der Waals surface area (Å²) in [6.07, 6.45) is 4.62. The Hall–Kier alpha value is -2.44. The molecule has 0 unspecified atom stereocenters. The zero-order chi connectivity index (χ0) is 17.5. The number of hydrogen-bond acceptors (Lipinski definition) is 4. The second kappa shape index (κ2) is 8.09. The third-order valence-electron chi connectivity index (χ3n) is 4.74. The van der Waals surface area contributed by atoms with Gasteiger partial charge in [0.05, 0.1) is 24.5 Å². The molecule has 2 heterocycles.